The number of rotatable bonds is 1. The number of hydrogen-bond acceptors (Lipinski definition) is 2. The fourth-order valence-electron chi connectivity index (χ4n) is 3.03. The Morgan fingerprint density at radius 3 is 2.25 bits per heavy atom. The highest BCUT2D eigenvalue weighted by atomic mass is 19.1. The molecule has 124 valence electrons. The van der Waals surface area contributed by atoms with Crippen molar-refractivity contribution < 1.29 is 13.7 Å². The first-order valence-corrected chi connectivity index (χ1v) is 8.17. The largest absolute Gasteiger partial charge is 0.495 e. The van der Waals surface area contributed by atoms with Gasteiger partial charge in [0.2, 0.25) is 0 Å². The SMILES string of the molecule is CC#Cc1c(F)ccc2cc(C)cc(B3OC(C)(C)C(C)(C)O3)c12. The Balaban J connectivity index is 2.28. The minimum atomic E-state index is -0.545. The van der Waals surface area contributed by atoms with Gasteiger partial charge in [0.25, 0.3) is 0 Å². The molecule has 0 unspecified atom stereocenters. The summed E-state index contributed by atoms with van der Waals surface area (Å²) in [6.45, 7) is 11.8. The zero-order valence-electron chi connectivity index (χ0n) is 15.1. The highest BCUT2D eigenvalue weighted by Gasteiger charge is 2.52. The second-order valence-corrected chi connectivity index (χ2v) is 7.34. The topological polar surface area (TPSA) is 18.5 Å². The molecule has 0 atom stereocenters. The third kappa shape index (κ3) is 2.62. The molecular formula is C20H22BFO2. The van der Waals surface area contributed by atoms with Crippen LogP contribution in [0.4, 0.5) is 4.39 Å². The standard InChI is InChI=1S/C20H22BFO2/c1-7-8-15-17(22)10-9-14-11-13(2)12-16(18(14)15)21-23-19(3,4)20(5,6)24-21/h9-12H,1-6H3. The van der Waals surface area contributed by atoms with Crippen molar-refractivity contribution in [2.75, 3.05) is 0 Å². The zero-order valence-corrected chi connectivity index (χ0v) is 15.1. The minimum Gasteiger partial charge on any atom is -0.399 e. The molecule has 24 heavy (non-hydrogen) atoms. The molecule has 1 aliphatic heterocycles. The molecule has 0 spiro atoms. The summed E-state index contributed by atoms with van der Waals surface area (Å²) >= 11 is 0. The number of hydrogen-bond donors (Lipinski definition) is 0. The van der Waals surface area contributed by atoms with Gasteiger partial charge < -0.3 is 9.31 Å². The maximum atomic E-state index is 14.4. The molecular weight excluding hydrogens is 302 g/mol. The summed E-state index contributed by atoms with van der Waals surface area (Å²) in [7, 11) is -0.545. The van der Waals surface area contributed by atoms with Crippen molar-refractivity contribution in [1.29, 1.82) is 0 Å². The zero-order chi connectivity index (χ0) is 17.7. The molecule has 0 N–H and O–H groups in total. The third-order valence-electron chi connectivity index (χ3n) is 5.00. The van der Waals surface area contributed by atoms with Gasteiger partial charge in [-0.3, -0.25) is 0 Å². The Morgan fingerprint density at radius 1 is 1.04 bits per heavy atom. The summed E-state index contributed by atoms with van der Waals surface area (Å²) < 4.78 is 26.8. The van der Waals surface area contributed by atoms with E-state index in [0.717, 1.165) is 21.8 Å². The summed E-state index contributed by atoms with van der Waals surface area (Å²) in [5.74, 6) is 5.40. The van der Waals surface area contributed by atoms with Crippen LogP contribution in [-0.4, -0.2) is 18.3 Å². The monoisotopic (exact) mass is 324 g/mol. The van der Waals surface area contributed by atoms with E-state index in [1.54, 1.807) is 13.0 Å². The highest BCUT2D eigenvalue weighted by Crippen LogP contribution is 2.37. The van der Waals surface area contributed by atoms with Crippen molar-refractivity contribution in [3.8, 4) is 11.8 Å². The van der Waals surface area contributed by atoms with Crippen LogP contribution in [-0.2, 0) is 9.31 Å². The second kappa shape index (κ2) is 5.62. The van der Waals surface area contributed by atoms with Gasteiger partial charge in [0.05, 0.1) is 16.8 Å². The van der Waals surface area contributed by atoms with E-state index in [1.807, 2.05) is 46.8 Å². The van der Waals surface area contributed by atoms with Crippen LogP contribution < -0.4 is 5.46 Å². The van der Waals surface area contributed by atoms with Gasteiger partial charge >= 0.3 is 7.12 Å². The molecule has 2 aromatic carbocycles. The lowest BCUT2D eigenvalue weighted by atomic mass is 9.74. The van der Waals surface area contributed by atoms with Gasteiger partial charge in [-0.2, -0.15) is 0 Å². The van der Waals surface area contributed by atoms with E-state index in [2.05, 4.69) is 11.8 Å². The third-order valence-corrected chi connectivity index (χ3v) is 5.00. The van der Waals surface area contributed by atoms with Gasteiger partial charge in [0.1, 0.15) is 5.82 Å². The fourth-order valence-corrected chi connectivity index (χ4v) is 3.03. The highest BCUT2D eigenvalue weighted by molar-refractivity contribution is 6.65. The molecule has 0 aromatic heterocycles. The van der Waals surface area contributed by atoms with E-state index in [9.17, 15) is 4.39 Å². The number of benzene rings is 2. The molecule has 0 amide bonds. The van der Waals surface area contributed by atoms with Gasteiger partial charge in [-0.25, -0.2) is 4.39 Å². The van der Waals surface area contributed by atoms with Gasteiger partial charge in [-0.05, 0) is 58.5 Å². The lowest BCUT2D eigenvalue weighted by molar-refractivity contribution is 0.00578. The summed E-state index contributed by atoms with van der Waals surface area (Å²) in [5.41, 5.74) is 1.42. The van der Waals surface area contributed by atoms with Crippen LogP contribution in [0.1, 0.15) is 45.7 Å². The van der Waals surface area contributed by atoms with Crippen molar-refractivity contribution >= 4 is 23.4 Å². The van der Waals surface area contributed by atoms with Gasteiger partial charge in [0, 0.05) is 5.39 Å². The molecule has 0 bridgehead atoms. The molecule has 1 aliphatic rings. The predicted molar refractivity (Wildman–Crippen MR) is 96.9 cm³/mol. The minimum absolute atomic E-state index is 0.321. The smallest absolute Gasteiger partial charge is 0.399 e. The number of halogens is 1. The average molecular weight is 324 g/mol. The maximum Gasteiger partial charge on any atom is 0.495 e. The predicted octanol–water partition coefficient (Wildman–Crippen LogP) is 3.96. The molecule has 1 saturated heterocycles. The van der Waals surface area contributed by atoms with E-state index in [-0.39, 0.29) is 5.82 Å². The fraction of sp³-hybridized carbons (Fsp3) is 0.400. The van der Waals surface area contributed by atoms with E-state index in [1.165, 1.54) is 6.07 Å². The molecule has 1 heterocycles. The maximum absolute atomic E-state index is 14.4. The van der Waals surface area contributed by atoms with Gasteiger partial charge in [-0.15, -0.1) is 5.92 Å². The Labute approximate surface area is 143 Å². The number of aryl methyl sites for hydroxylation is 1. The average Bonchev–Trinajstić information content (AvgIpc) is 2.70. The van der Waals surface area contributed by atoms with Gasteiger partial charge in [0.15, 0.2) is 0 Å². The molecule has 2 nitrogen and oxygen atoms in total. The first kappa shape index (κ1) is 17.0. The van der Waals surface area contributed by atoms with Crippen LogP contribution in [0.5, 0.6) is 0 Å². The lowest BCUT2D eigenvalue weighted by Gasteiger charge is -2.32. The quantitative estimate of drug-likeness (QED) is 0.584. The lowest BCUT2D eigenvalue weighted by Crippen LogP contribution is -2.41. The Bertz CT molecular complexity index is 859. The summed E-state index contributed by atoms with van der Waals surface area (Å²) in [6, 6.07) is 7.29. The van der Waals surface area contributed by atoms with Gasteiger partial charge in [-0.1, -0.05) is 29.7 Å². The summed E-state index contributed by atoms with van der Waals surface area (Å²) in [4.78, 5) is 0. The van der Waals surface area contributed by atoms with Crippen LogP contribution in [0.2, 0.25) is 0 Å². The normalized spacial score (nSPS) is 18.5. The van der Waals surface area contributed by atoms with Crippen molar-refractivity contribution in [3.05, 3.63) is 41.2 Å². The van der Waals surface area contributed by atoms with Crippen molar-refractivity contribution in [3.63, 3.8) is 0 Å². The van der Waals surface area contributed by atoms with E-state index < -0.39 is 18.3 Å². The van der Waals surface area contributed by atoms with Crippen molar-refractivity contribution in [2.45, 2.75) is 52.7 Å². The molecule has 0 radical (unpaired) electrons. The van der Waals surface area contributed by atoms with Crippen molar-refractivity contribution in [2.24, 2.45) is 0 Å². The second-order valence-electron chi connectivity index (χ2n) is 7.34. The van der Waals surface area contributed by atoms with E-state index in [0.29, 0.717) is 5.56 Å². The molecule has 0 aliphatic carbocycles. The van der Waals surface area contributed by atoms with Crippen LogP contribution in [0, 0.1) is 24.6 Å². The van der Waals surface area contributed by atoms with Crippen LogP contribution in [0.15, 0.2) is 24.3 Å². The molecule has 1 fully saturated rings. The van der Waals surface area contributed by atoms with E-state index in [4.69, 9.17) is 9.31 Å². The van der Waals surface area contributed by atoms with Crippen molar-refractivity contribution in [1.82, 2.24) is 0 Å². The van der Waals surface area contributed by atoms with Crippen LogP contribution >= 0.6 is 0 Å². The molecule has 4 heteroatoms. The first-order chi connectivity index (χ1) is 11.2. The summed E-state index contributed by atoms with van der Waals surface area (Å²) in [6.07, 6.45) is 0. The Hall–Kier alpha value is -1.83. The molecule has 3 rings (SSSR count). The first-order valence-electron chi connectivity index (χ1n) is 8.17. The molecule has 0 saturated carbocycles. The Kier molecular flexibility index (Phi) is 3.98. The van der Waals surface area contributed by atoms with E-state index >= 15 is 0 Å². The molecule has 2 aromatic rings. The Morgan fingerprint density at radius 2 is 1.67 bits per heavy atom. The van der Waals surface area contributed by atoms with Crippen LogP contribution in [0.3, 0.4) is 0 Å². The number of fused-ring (bicyclic) bond motifs is 1. The van der Waals surface area contributed by atoms with Crippen LogP contribution in [0.25, 0.3) is 10.8 Å². The summed E-state index contributed by atoms with van der Waals surface area (Å²) in [5, 5.41) is 1.72.